The van der Waals surface area contributed by atoms with Crippen LogP contribution in [-0.4, -0.2) is 124 Å². The fourth-order valence-corrected chi connectivity index (χ4v) is 5.83. The topological polar surface area (TPSA) is 210 Å². The number of carbonyl (C=O) groups excluding carboxylic acids is 4. The number of esters is 4. The smallest absolute Gasteiger partial charge is 0.350 e. The molecule has 0 amide bonds. The second-order valence-electron chi connectivity index (χ2n) is 12.4. The van der Waals surface area contributed by atoms with E-state index in [-0.39, 0.29) is 78.5 Å². The van der Waals surface area contributed by atoms with Crippen molar-refractivity contribution in [3.8, 4) is 0 Å². The van der Waals surface area contributed by atoms with E-state index in [0.717, 1.165) is 0 Å². The lowest BCUT2D eigenvalue weighted by atomic mass is 9.99. The molecule has 284 valence electrons. The number of benzene rings is 2. The van der Waals surface area contributed by atoms with Gasteiger partial charge in [0.15, 0.2) is 0 Å². The number of cyclic esters (lactones) is 4. The molecule has 0 radical (unpaired) electrons. The second kappa shape index (κ2) is 17.3. The highest BCUT2D eigenvalue weighted by Crippen LogP contribution is 2.24. The molecule has 2 aromatic carbocycles. The van der Waals surface area contributed by atoms with Gasteiger partial charge in [0, 0.05) is 47.9 Å². The van der Waals surface area contributed by atoms with Crippen molar-refractivity contribution >= 4 is 46.7 Å². The number of oxime groups is 4. The van der Waals surface area contributed by atoms with E-state index in [1.807, 2.05) is 36.4 Å². The molecule has 7 rings (SSSR count). The maximum atomic E-state index is 12.6. The Labute approximate surface area is 307 Å². The Morgan fingerprint density at radius 2 is 0.648 bits per heavy atom. The molecule has 0 fully saturated rings. The SMILES string of the molecule is O=C1OCCOCCOC(=O)[C@H]2CC(=NO2)c2cccc(c2)C2=NO[C@H](C2)C(=O)OCCOCCOC(=O)[C@H]2CC(=NO2)c2cccc(c2)C2=NO[C@@H]1C2. The van der Waals surface area contributed by atoms with Crippen molar-refractivity contribution in [2.45, 2.75) is 50.1 Å². The van der Waals surface area contributed by atoms with Crippen LogP contribution in [0.5, 0.6) is 0 Å². The van der Waals surface area contributed by atoms with E-state index in [2.05, 4.69) is 20.6 Å². The maximum absolute atomic E-state index is 12.6. The molecular formula is C36H36N4O14. The molecule has 0 spiro atoms. The number of fused-ring (bicyclic) bond motifs is 16. The molecule has 54 heavy (non-hydrogen) atoms. The van der Waals surface area contributed by atoms with Gasteiger partial charge in [-0.1, -0.05) is 57.0 Å². The third-order valence-electron chi connectivity index (χ3n) is 8.67. The highest BCUT2D eigenvalue weighted by atomic mass is 16.7. The van der Waals surface area contributed by atoms with Gasteiger partial charge in [-0.15, -0.1) is 0 Å². The fraction of sp³-hybridized carbons (Fsp3) is 0.444. The monoisotopic (exact) mass is 748 g/mol. The summed E-state index contributed by atoms with van der Waals surface area (Å²) in [6.07, 6.45) is -2.96. The molecular weight excluding hydrogens is 712 g/mol. The first-order valence-electron chi connectivity index (χ1n) is 17.4. The first kappa shape index (κ1) is 36.5. The average Bonchev–Trinajstić information content (AvgIpc) is 4.04. The van der Waals surface area contributed by atoms with E-state index in [9.17, 15) is 19.2 Å². The van der Waals surface area contributed by atoms with Gasteiger partial charge in [0.2, 0.25) is 24.4 Å². The van der Waals surface area contributed by atoms with E-state index in [1.165, 1.54) is 0 Å². The minimum absolute atomic E-state index is 0.0425. The normalized spacial score (nSPS) is 25.8. The van der Waals surface area contributed by atoms with Gasteiger partial charge >= 0.3 is 23.9 Å². The molecule has 4 atom stereocenters. The molecule has 12 bridgehead atoms. The predicted octanol–water partition coefficient (Wildman–Crippen LogP) is 1.58. The molecule has 0 aliphatic carbocycles. The summed E-state index contributed by atoms with van der Waals surface area (Å²) in [5.41, 5.74) is 4.97. The molecule has 5 heterocycles. The van der Waals surface area contributed by atoms with Gasteiger partial charge in [-0.3, -0.25) is 0 Å². The van der Waals surface area contributed by atoms with Gasteiger partial charge in [0.05, 0.1) is 49.3 Å². The van der Waals surface area contributed by atoms with E-state index in [4.69, 9.17) is 47.8 Å². The summed E-state index contributed by atoms with van der Waals surface area (Å²) >= 11 is 0. The number of rotatable bonds is 0. The third-order valence-corrected chi connectivity index (χ3v) is 8.67. The van der Waals surface area contributed by atoms with Gasteiger partial charge in [-0.25, -0.2) is 19.2 Å². The Bertz CT molecular complexity index is 1620. The van der Waals surface area contributed by atoms with E-state index in [0.29, 0.717) is 45.1 Å². The first-order valence-corrected chi connectivity index (χ1v) is 17.4. The Morgan fingerprint density at radius 1 is 0.389 bits per heavy atom. The van der Waals surface area contributed by atoms with Crippen LogP contribution in [-0.2, 0) is 66.9 Å². The number of hydrogen-bond donors (Lipinski definition) is 0. The van der Waals surface area contributed by atoms with Crippen LogP contribution in [0.1, 0.15) is 47.9 Å². The van der Waals surface area contributed by atoms with Crippen LogP contribution >= 0.6 is 0 Å². The van der Waals surface area contributed by atoms with E-state index < -0.39 is 48.3 Å². The first-order chi connectivity index (χ1) is 26.4. The molecule has 2 aromatic rings. The summed E-state index contributed by atoms with van der Waals surface area (Å²) in [5.74, 6) is -2.39. The molecule has 0 unspecified atom stereocenters. The Balaban J connectivity index is 0.934. The van der Waals surface area contributed by atoms with Crippen molar-refractivity contribution < 1.29 is 66.9 Å². The van der Waals surface area contributed by atoms with Crippen LogP contribution in [0.2, 0.25) is 0 Å². The van der Waals surface area contributed by atoms with Gasteiger partial charge < -0.3 is 47.8 Å². The minimum Gasteiger partial charge on any atom is -0.460 e. The van der Waals surface area contributed by atoms with Crippen LogP contribution < -0.4 is 0 Å². The van der Waals surface area contributed by atoms with Crippen LogP contribution in [0.3, 0.4) is 0 Å². The summed E-state index contributed by atoms with van der Waals surface area (Å²) in [5, 5.41) is 16.3. The Morgan fingerprint density at radius 3 is 0.907 bits per heavy atom. The van der Waals surface area contributed by atoms with Crippen molar-refractivity contribution in [1.82, 2.24) is 0 Å². The lowest BCUT2D eigenvalue weighted by Gasteiger charge is -2.11. The van der Waals surface area contributed by atoms with Crippen molar-refractivity contribution in [3.05, 3.63) is 70.8 Å². The third kappa shape index (κ3) is 9.00. The van der Waals surface area contributed by atoms with Gasteiger partial charge in [0.1, 0.15) is 26.4 Å². The summed E-state index contributed by atoms with van der Waals surface area (Å²) in [7, 11) is 0. The van der Waals surface area contributed by atoms with Gasteiger partial charge in [-0.05, 0) is 12.1 Å². The molecule has 5 aliphatic heterocycles. The lowest BCUT2D eigenvalue weighted by Crippen LogP contribution is -2.26. The lowest BCUT2D eigenvalue weighted by molar-refractivity contribution is -0.160. The number of nitrogens with zero attached hydrogens (tertiary/aromatic N) is 4. The molecule has 18 nitrogen and oxygen atoms in total. The van der Waals surface area contributed by atoms with Gasteiger partial charge in [-0.2, -0.15) is 0 Å². The zero-order valence-electron chi connectivity index (χ0n) is 28.9. The number of hydrogen-bond acceptors (Lipinski definition) is 18. The molecule has 18 heteroatoms. The zero-order valence-corrected chi connectivity index (χ0v) is 28.9. The zero-order chi connectivity index (χ0) is 37.3. The highest BCUT2D eigenvalue weighted by molar-refractivity contribution is 6.09. The average molecular weight is 749 g/mol. The van der Waals surface area contributed by atoms with Crippen LogP contribution in [0, 0.1) is 0 Å². The predicted molar refractivity (Wildman–Crippen MR) is 182 cm³/mol. The van der Waals surface area contributed by atoms with Crippen LogP contribution in [0.25, 0.3) is 0 Å². The highest BCUT2D eigenvalue weighted by Gasteiger charge is 2.34. The molecule has 0 N–H and O–H groups in total. The Kier molecular flexibility index (Phi) is 11.7. The van der Waals surface area contributed by atoms with Crippen molar-refractivity contribution in [3.63, 3.8) is 0 Å². The van der Waals surface area contributed by atoms with Gasteiger partial charge in [0.25, 0.3) is 0 Å². The standard InChI is InChI=1S/C36H36N4O14/c41-33-29-17-25(37-51-29)21-3-1-4-22(15-21)26-18-30(52-38-26)34(42)48-12-8-46-10-14-50-36(44)32-20-28(40-54-32)24-6-2-5-23(16-24)27-19-31(53-39-27)35(43)49-13-9-45-7-11-47-33/h1-6,15-16,29-32H,7-14,17-20H2/t29-,30-,31-,32-/m1/s1. The molecule has 0 aromatic heterocycles. The van der Waals surface area contributed by atoms with E-state index >= 15 is 0 Å². The fourth-order valence-electron chi connectivity index (χ4n) is 5.83. The minimum atomic E-state index is -0.925. The number of ether oxygens (including phenoxy) is 6. The molecule has 5 aliphatic rings. The molecule has 0 saturated carbocycles. The summed E-state index contributed by atoms with van der Waals surface area (Å²) < 4.78 is 32.0. The second-order valence-corrected chi connectivity index (χ2v) is 12.4. The summed E-state index contributed by atoms with van der Waals surface area (Å²) in [4.78, 5) is 71.8. The van der Waals surface area contributed by atoms with Crippen molar-refractivity contribution in [1.29, 1.82) is 0 Å². The summed E-state index contributed by atoms with van der Waals surface area (Å²) in [6, 6.07) is 14.5. The summed E-state index contributed by atoms with van der Waals surface area (Å²) in [6.45, 7) is 0.108. The Hall–Kier alpha value is -5.88. The van der Waals surface area contributed by atoms with Crippen molar-refractivity contribution in [2.24, 2.45) is 20.6 Å². The van der Waals surface area contributed by atoms with Crippen LogP contribution in [0.4, 0.5) is 0 Å². The quantitative estimate of drug-likeness (QED) is 0.277. The molecule has 0 saturated heterocycles. The largest absolute Gasteiger partial charge is 0.460 e. The number of carbonyl (C=O) groups is 4. The van der Waals surface area contributed by atoms with Crippen LogP contribution in [0.15, 0.2) is 69.2 Å². The van der Waals surface area contributed by atoms with E-state index in [1.54, 1.807) is 12.1 Å². The van der Waals surface area contributed by atoms with Crippen molar-refractivity contribution in [2.75, 3.05) is 52.9 Å². The maximum Gasteiger partial charge on any atom is 0.350 e.